The van der Waals surface area contributed by atoms with Crippen LogP contribution in [0.4, 0.5) is 9.59 Å². The molecule has 10 heteroatoms. The summed E-state index contributed by atoms with van der Waals surface area (Å²) in [5.74, 6) is 3.74. The zero-order chi connectivity index (χ0) is 26.8. The summed E-state index contributed by atoms with van der Waals surface area (Å²) in [5, 5.41) is 4.85. The average Bonchev–Trinajstić information content (AvgIpc) is 3.61. The van der Waals surface area contributed by atoms with Crippen molar-refractivity contribution in [3.63, 3.8) is 0 Å². The summed E-state index contributed by atoms with van der Waals surface area (Å²) in [7, 11) is 0. The number of hydrogen-bond acceptors (Lipinski definition) is 8. The van der Waals surface area contributed by atoms with Crippen molar-refractivity contribution >= 4 is 24.1 Å². The van der Waals surface area contributed by atoms with Crippen LogP contribution < -0.4 is 10.6 Å². The number of amides is 2. The number of ether oxygens (including phenoxy) is 4. The van der Waals surface area contributed by atoms with Crippen molar-refractivity contribution in [1.82, 2.24) is 10.6 Å². The molecule has 0 aliphatic heterocycles. The summed E-state index contributed by atoms with van der Waals surface area (Å²) < 4.78 is 18.3. The first-order chi connectivity index (χ1) is 17.4. The van der Waals surface area contributed by atoms with E-state index in [1.807, 2.05) is 0 Å². The monoisotopic (exact) mass is 510 g/mol. The van der Waals surface area contributed by atoms with Crippen molar-refractivity contribution in [2.24, 2.45) is 23.7 Å². The van der Waals surface area contributed by atoms with Crippen LogP contribution in [0.15, 0.2) is 25.3 Å². The Bertz CT molecular complexity index is 669. The Balaban J connectivity index is 0.000000271. The molecule has 3 fully saturated rings. The summed E-state index contributed by atoms with van der Waals surface area (Å²) in [6.45, 7) is 11.2. The molecular formula is C26H42N2O8. The zero-order valence-electron chi connectivity index (χ0n) is 21.6. The molecule has 3 rings (SSSR count). The first-order valence-corrected chi connectivity index (χ1v) is 12.8. The molecule has 204 valence electrons. The molecule has 36 heavy (non-hydrogen) atoms. The Morgan fingerprint density at radius 2 is 1.08 bits per heavy atom. The third-order valence-corrected chi connectivity index (χ3v) is 6.45. The van der Waals surface area contributed by atoms with Gasteiger partial charge in [0.1, 0.15) is 26.4 Å². The van der Waals surface area contributed by atoms with Crippen LogP contribution >= 0.6 is 0 Å². The summed E-state index contributed by atoms with van der Waals surface area (Å²) in [6, 6.07) is 0. The van der Waals surface area contributed by atoms with Crippen molar-refractivity contribution in [1.29, 1.82) is 0 Å². The van der Waals surface area contributed by atoms with E-state index in [2.05, 4.69) is 42.7 Å². The molecule has 0 saturated heterocycles. The molecule has 0 radical (unpaired) electrons. The van der Waals surface area contributed by atoms with Crippen molar-refractivity contribution in [3.05, 3.63) is 25.3 Å². The molecule has 0 aromatic rings. The third kappa shape index (κ3) is 12.1. The van der Waals surface area contributed by atoms with Gasteiger partial charge in [-0.25, -0.2) is 19.2 Å². The van der Waals surface area contributed by atoms with E-state index in [9.17, 15) is 19.2 Å². The number of alkyl carbamates (subject to hydrolysis) is 2. The lowest BCUT2D eigenvalue weighted by atomic mass is 9.82. The van der Waals surface area contributed by atoms with Crippen LogP contribution in [0.1, 0.15) is 52.4 Å². The molecule has 4 unspecified atom stereocenters. The van der Waals surface area contributed by atoms with Crippen LogP contribution in [0.3, 0.4) is 0 Å². The minimum Gasteiger partial charge on any atom is -0.459 e. The van der Waals surface area contributed by atoms with Gasteiger partial charge in [-0.2, -0.15) is 0 Å². The molecule has 2 bridgehead atoms. The Morgan fingerprint density at radius 3 is 1.44 bits per heavy atom. The van der Waals surface area contributed by atoms with Crippen molar-refractivity contribution < 1.29 is 38.1 Å². The lowest BCUT2D eigenvalue weighted by molar-refractivity contribution is -0.139. The highest BCUT2D eigenvalue weighted by Crippen LogP contribution is 2.58. The Hall–Kier alpha value is -3.04. The van der Waals surface area contributed by atoms with Gasteiger partial charge in [0.2, 0.25) is 0 Å². The highest BCUT2D eigenvalue weighted by molar-refractivity contribution is 5.81. The fourth-order valence-electron chi connectivity index (χ4n) is 5.08. The minimum absolute atomic E-state index is 0.0436. The Kier molecular flexibility index (Phi) is 15.7. The van der Waals surface area contributed by atoms with E-state index in [4.69, 9.17) is 0 Å². The predicted octanol–water partition coefficient (Wildman–Crippen LogP) is 3.76. The first kappa shape index (κ1) is 31.0. The van der Waals surface area contributed by atoms with Gasteiger partial charge >= 0.3 is 24.1 Å². The fourth-order valence-corrected chi connectivity index (χ4v) is 5.08. The number of nitrogens with one attached hydrogen (secondary N) is 2. The van der Waals surface area contributed by atoms with Crippen LogP contribution in [0.5, 0.6) is 0 Å². The van der Waals surface area contributed by atoms with E-state index in [0.717, 1.165) is 12.2 Å². The van der Waals surface area contributed by atoms with Crippen LogP contribution in [0.25, 0.3) is 0 Å². The minimum atomic E-state index is -0.528. The highest BCUT2D eigenvalue weighted by Gasteiger charge is 2.48. The SMILES string of the molecule is C1CC2C3CCC(C3)C2C1.C=CC(=O)OCCOC(=O)NCC.C=CC(=O)OCCOC(=O)NCC. The standard InChI is InChI=1S/C10H16.2C8H13NO4/c1-2-9-7-4-5-8(6-7)10(9)3-1;2*1-3-7(10)12-5-6-13-8(11)9-4-2/h7-10H,1-6H2;2*3H,1,4-6H2,2H3,(H,9,11). The van der Waals surface area contributed by atoms with Gasteiger partial charge in [-0.3, -0.25) is 0 Å². The highest BCUT2D eigenvalue weighted by atomic mass is 16.6. The fraction of sp³-hybridized carbons (Fsp3) is 0.692. The van der Waals surface area contributed by atoms with Crippen LogP contribution in [0.2, 0.25) is 0 Å². The molecule has 3 aliphatic carbocycles. The maximum Gasteiger partial charge on any atom is 0.407 e. The van der Waals surface area contributed by atoms with Gasteiger partial charge in [-0.15, -0.1) is 0 Å². The molecule has 3 saturated carbocycles. The maximum absolute atomic E-state index is 10.7. The number of esters is 2. The van der Waals surface area contributed by atoms with Gasteiger partial charge in [0.25, 0.3) is 0 Å². The van der Waals surface area contributed by atoms with E-state index >= 15 is 0 Å². The molecule has 4 atom stereocenters. The lowest BCUT2D eigenvalue weighted by Gasteiger charge is -2.23. The quantitative estimate of drug-likeness (QED) is 0.197. The number of rotatable bonds is 10. The molecule has 2 N–H and O–H groups in total. The second-order valence-electron chi connectivity index (χ2n) is 8.67. The molecule has 0 aromatic heterocycles. The van der Waals surface area contributed by atoms with E-state index in [1.165, 1.54) is 23.7 Å². The van der Waals surface area contributed by atoms with Crippen LogP contribution in [-0.2, 0) is 28.5 Å². The smallest absolute Gasteiger partial charge is 0.407 e. The van der Waals surface area contributed by atoms with Gasteiger partial charge < -0.3 is 29.6 Å². The lowest BCUT2D eigenvalue weighted by Crippen LogP contribution is -2.25. The second-order valence-corrected chi connectivity index (χ2v) is 8.67. The number of carbonyl (C=O) groups is 4. The van der Waals surface area contributed by atoms with Gasteiger partial charge in [-0.05, 0) is 69.6 Å². The summed E-state index contributed by atoms with van der Waals surface area (Å²) in [4.78, 5) is 42.3. The zero-order valence-corrected chi connectivity index (χ0v) is 21.6. The molecular weight excluding hydrogens is 468 g/mol. The van der Waals surface area contributed by atoms with E-state index in [0.29, 0.717) is 13.1 Å². The van der Waals surface area contributed by atoms with E-state index in [-0.39, 0.29) is 26.4 Å². The molecule has 2 amide bonds. The normalized spacial score (nSPS) is 22.3. The average molecular weight is 511 g/mol. The Morgan fingerprint density at radius 1 is 0.694 bits per heavy atom. The van der Waals surface area contributed by atoms with Crippen molar-refractivity contribution in [3.8, 4) is 0 Å². The third-order valence-electron chi connectivity index (χ3n) is 6.45. The molecule has 0 spiro atoms. The van der Waals surface area contributed by atoms with Gasteiger partial charge in [0, 0.05) is 25.2 Å². The topological polar surface area (TPSA) is 129 Å². The van der Waals surface area contributed by atoms with Gasteiger partial charge in [0.05, 0.1) is 0 Å². The first-order valence-electron chi connectivity index (χ1n) is 12.8. The van der Waals surface area contributed by atoms with Crippen LogP contribution in [-0.4, -0.2) is 63.6 Å². The molecule has 3 aliphatic rings. The predicted molar refractivity (Wildman–Crippen MR) is 134 cm³/mol. The van der Waals surface area contributed by atoms with Gasteiger partial charge in [0.15, 0.2) is 0 Å². The Labute approximate surface area is 214 Å². The number of fused-ring (bicyclic) bond motifs is 5. The molecule has 10 nitrogen and oxygen atoms in total. The maximum atomic E-state index is 10.7. The summed E-state index contributed by atoms with van der Waals surface area (Å²) >= 11 is 0. The van der Waals surface area contributed by atoms with E-state index < -0.39 is 24.1 Å². The molecule has 0 aromatic carbocycles. The second kappa shape index (κ2) is 18.3. The van der Waals surface area contributed by atoms with Crippen LogP contribution in [0, 0.1) is 23.7 Å². The summed E-state index contributed by atoms with van der Waals surface area (Å²) in [5.41, 5.74) is 0. The number of hydrogen-bond donors (Lipinski definition) is 2. The van der Waals surface area contributed by atoms with Gasteiger partial charge in [-0.1, -0.05) is 19.6 Å². The molecule has 0 heterocycles. The summed E-state index contributed by atoms with van der Waals surface area (Å²) in [6.07, 6.45) is 10.6. The van der Waals surface area contributed by atoms with Crippen molar-refractivity contribution in [2.45, 2.75) is 52.4 Å². The van der Waals surface area contributed by atoms with E-state index in [1.54, 1.807) is 52.4 Å². The largest absolute Gasteiger partial charge is 0.459 e. The number of carbonyl (C=O) groups excluding carboxylic acids is 4. The van der Waals surface area contributed by atoms with Crippen molar-refractivity contribution in [2.75, 3.05) is 39.5 Å².